The van der Waals surface area contributed by atoms with E-state index in [-0.39, 0.29) is 11.4 Å². The number of hydrogen-bond donors (Lipinski definition) is 0. The van der Waals surface area contributed by atoms with Gasteiger partial charge in [-0.25, -0.2) is 4.39 Å². The molecule has 1 aliphatic rings. The van der Waals surface area contributed by atoms with Crippen LogP contribution in [0.1, 0.15) is 13.3 Å². The standard InChI is InChI=1S/C16H19FN2O/c1-12-6-7-18(11-12)8-9-19-15-10-14(17)4-2-13(15)3-5-16(19)20/h2-5,10,12H,6-9,11H2,1H3/t12-/m1/s1. The van der Waals surface area contributed by atoms with Gasteiger partial charge >= 0.3 is 0 Å². The molecule has 0 amide bonds. The number of fused-ring (bicyclic) bond motifs is 1. The number of likely N-dealkylation sites (tertiary alicyclic amines) is 1. The summed E-state index contributed by atoms with van der Waals surface area (Å²) >= 11 is 0. The second kappa shape index (κ2) is 5.37. The van der Waals surface area contributed by atoms with Crippen LogP contribution in [0.3, 0.4) is 0 Å². The number of nitrogens with zero attached hydrogens (tertiary/aromatic N) is 2. The van der Waals surface area contributed by atoms with Gasteiger partial charge in [0.25, 0.3) is 5.56 Å². The predicted octanol–water partition coefficient (Wildman–Crippen LogP) is 2.48. The highest BCUT2D eigenvalue weighted by molar-refractivity contribution is 5.78. The van der Waals surface area contributed by atoms with Gasteiger partial charge in [0, 0.05) is 25.7 Å². The molecule has 4 heteroatoms. The first-order valence-electron chi connectivity index (χ1n) is 7.15. The van der Waals surface area contributed by atoms with Crippen LogP contribution in [0.15, 0.2) is 35.1 Å². The summed E-state index contributed by atoms with van der Waals surface area (Å²) in [5, 5.41) is 0.904. The van der Waals surface area contributed by atoms with Crippen molar-refractivity contribution < 1.29 is 4.39 Å². The van der Waals surface area contributed by atoms with Crippen LogP contribution >= 0.6 is 0 Å². The Morgan fingerprint density at radius 1 is 1.25 bits per heavy atom. The summed E-state index contributed by atoms with van der Waals surface area (Å²) in [6, 6.07) is 7.92. The van der Waals surface area contributed by atoms with E-state index < -0.39 is 0 Å². The van der Waals surface area contributed by atoms with Gasteiger partial charge in [-0.05, 0) is 48.5 Å². The highest BCUT2D eigenvalue weighted by atomic mass is 19.1. The summed E-state index contributed by atoms with van der Waals surface area (Å²) in [6.07, 6.45) is 1.22. The molecule has 2 heterocycles. The number of hydrogen-bond acceptors (Lipinski definition) is 2. The smallest absolute Gasteiger partial charge is 0.251 e. The van der Waals surface area contributed by atoms with Gasteiger partial charge in [0.1, 0.15) is 5.82 Å². The van der Waals surface area contributed by atoms with Gasteiger partial charge in [-0.1, -0.05) is 6.92 Å². The van der Waals surface area contributed by atoms with Crippen molar-refractivity contribution in [3.63, 3.8) is 0 Å². The zero-order chi connectivity index (χ0) is 14.1. The molecule has 1 fully saturated rings. The van der Waals surface area contributed by atoms with Gasteiger partial charge in [0.15, 0.2) is 0 Å². The van der Waals surface area contributed by atoms with Crippen molar-refractivity contribution in [1.82, 2.24) is 9.47 Å². The lowest BCUT2D eigenvalue weighted by molar-refractivity contribution is 0.313. The van der Waals surface area contributed by atoms with Crippen LogP contribution < -0.4 is 5.56 Å². The summed E-state index contributed by atoms with van der Waals surface area (Å²) in [4.78, 5) is 14.4. The highest BCUT2D eigenvalue weighted by Crippen LogP contribution is 2.16. The Bertz CT molecular complexity index is 680. The van der Waals surface area contributed by atoms with Crippen LogP contribution in [0.25, 0.3) is 10.9 Å². The first kappa shape index (κ1) is 13.3. The Morgan fingerprint density at radius 2 is 2.05 bits per heavy atom. The lowest BCUT2D eigenvalue weighted by Gasteiger charge is -2.17. The SMILES string of the molecule is C[C@@H]1CCN(CCn2c(=O)ccc3ccc(F)cc32)C1. The van der Waals surface area contributed by atoms with Gasteiger partial charge in [-0.15, -0.1) is 0 Å². The average molecular weight is 274 g/mol. The fourth-order valence-electron chi connectivity index (χ4n) is 2.96. The Balaban J connectivity index is 1.88. The molecule has 0 spiro atoms. The van der Waals surface area contributed by atoms with Crippen LogP contribution in [0, 0.1) is 11.7 Å². The fourth-order valence-corrected chi connectivity index (χ4v) is 2.96. The minimum atomic E-state index is -0.299. The molecule has 3 rings (SSSR count). The molecule has 20 heavy (non-hydrogen) atoms. The summed E-state index contributed by atoms with van der Waals surface area (Å²) < 4.78 is 15.1. The van der Waals surface area contributed by atoms with E-state index in [1.807, 2.05) is 0 Å². The van der Waals surface area contributed by atoms with E-state index in [1.165, 1.54) is 18.6 Å². The van der Waals surface area contributed by atoms with E-state index in [0.29, 0.717) is 12.1 Å². The molecule has 0 bridgehead atoms. The molecule has 0 saturated carbocycles. The van der Waals surface area contributed by atoms with Crippen molar-refractivity contribution >= 4 is 10.9 Å². The second-order valence-electron chi connectivity index (χ2n) is 5.72. The maximum absolute atomic E-state index is 13.4. The lowest BCUT2D eigenvalue weighted by atomic mass is 10.2. The minimum absolute atomic E-state index is 0.0599. The zero-order valence-electron chi connectivity index (χ0n) is 11.7. The fraction of sp³-hybridized carbons (Fsp3) is 0.438. The zero-order valence-corrected chi connectivity index (χ0v) is 11.7. The van der Waals surface area contributed by atoms with Gasteiger partial charge in [0.2, 0.25) is 0 Å². The lowest BCUT2D eigenvalue weighted by Crippen LogP contribution is -2.29. The van der Waals surface area contributed by atoms with Crippen LogP contribution in [-0.2, 0) is 6.54 Å². The summed E-state index contributed by atoms with van der Waals surface area (Å²) in [5.41, 5.74) is 0.625. The monoisotopic (exact) mass is 274 g/mol. The van der Waals surface area contributed by atoms with E-state index in [2.05, 4.69) is 11.8 Å². The predicted molar refractivity (Wildman–Crippen MR) is 78.4 cm³/mol. The molecular formula is C16H19FN2O. The number of halogens is 1. The van der Waals surface area contributed by atoms with Gasteiger partial charge in [-0.3, -0.25) is 4.79 Å². The molecule has 1 aliphatic heterocycles. The van der Waals surface area contributed by atoms with Crippen LogP contribution in [0.4, 0.5) is 4.39 Å². The molecular weight excluding hydrogens is 255 g/mol. The van der Waals surface area contributed by atoms with Crippen LogP contribution in [0.2, 0.25) is 0 Å². The third-order valence-electron chi connectivity index (χ3n) is 4.10. The van der Waals surface area contributed by atoms with Crippen molar-refractivity contribution in [2.24, 2.45) is 5.92 Å². The van der Waals surface area contributed by atoms with E-state index in [0.717, 1.165) is 30.9 Å². The molecule has 0 aliphatic carbocycles. The quantitative estimate of drug-likeness (QED) is 0.859. The Morgan fingerprint density at radius 3 is 2.80 bits per heavy atom. The Hall–Kier alpha value is -1.68. The second-order valence-corrected chi connectivity index (χ2v) is 5.72. The van der Waals surface area contributed by atoms with E-state index in [4.69, 9.17) is 0 Å². The van der Waals surface area contributed by atoms with E-state index >= 15 is 0 Å². The maximum Gasteiger partial charge on any atom is 0.251 e. The molecule has 106 valence electrons. The van der Waals surface area contributed by atoms with Gasteiger partial charge in [-0.2, -0.15) is 0 Å². The van der Waals surface area contributed by atoms with Crippen molar-refractivity contribution in [2.45, 2.75) is 19.9 Å². The van der Waals surface area contributed by atoms with Gasteiger partial charge in [0.05, 0.1) is 5.52 Å². The molecule has 0 N–H and O–H groups in total. The van der Waals surface area contributed by atoms with Gasteiger partial charge < -0.3 is 9.47 Å². The molecule has 3 nitrogen and oxygen atoms in total. The van der Waals surface area contributed by atoms with Crippen molar-refractivity contribution in [3.8, 4) is 0 Å². The third-order valence-corrected chi connectivity index (χ3v) is 4.10. The Labute approximate surface area is 117 Å². The van der Waals surface area contributed by atoms with Crippen molar-refractivity contribution in [3.05, 3.63) is 46.5 Å². The largest absolute Gasteiger partial charge is 0.307 e. The van der Waals surface area contributed by atoms with Crippen LogP contribution in [-0.4, -0.2) is 29.1 Å². The Kier molecular flexibility index (Phi) is 3.57. The molecule has 1 aromatic heterocycles. The van der Waals surface area contributed by atoms with Crippen LogP contribution in [0.5, 0.6) is 0 Å². The van der Waals surface area contributed by atoms with E-state index in [1.54, 1.807) is 22.8 Å². The molecule has 2 aromatic rings. The summed E-state index contributed by atoms with van der Waals surface area (Å²) in [7, 11) is 0. The molecule has 1 saturated heterocycles. The molecule has 0 radical (unpaired) electrons. The third kappa shape index (κ3) is 2.61. The first-order valence-corrected chi connectivity index (χ1v) is 7.15. The molecule has 1 atom stereocenters. The number of rotatable bonds is 3. The summed E-state index contributed by atoms with van der Waals surface area (Å²) in [6.45, 7) is 5.90. The minimum Gasteiger partial charge on any atom is -0.307 e. The highest BCUT2D eigenvalue weighted by Gasteiger charge is 2.18. The number of pyridine rings is 1. The first-order chi connectivity index (χ1) is 9.63. The topological polar surface area (TPSA) is 25.2 Å². The number of aromatic nitrogens is 1. The number of benzene rings is 1. The normalized spacial score (nSPS) is 19.8. The maximum atomic E-state index is 13.4. The average Bonchev–Trinajstić information content (AvgIpc) is 2.83. The molecule has 0 unspecified atom stereocenters. The van der Waals surface area contributed by atoms with Crippen molar-refractivity contribution in [1.29, 1.82) is 0 Å². The molecule has 1 aromatic carbocycles. The van der Waals surface area contributed by atoms with Crippen molar-refractivity contribution in [2.75, 3.05) is 19.6 Å². The van der Waals surface area contributed by atoms with E-state index in [9.17, 15) is 9.18 Å². The summed E-state index contributed by atoms with van der Waals surface area (Å²) in [5.74, 6) is 0.434.